The van der Waals surface area contributed by atoms with E-state index in [2.05, 4.69) is 0 Å². The van der Waals surface area contributed by atoms with Crippen molar-refractivity contribution in [1.29, 1.82) is 0 Å². The highest BCUT2D eigenvalue weighted by Gasteiger charge is 2.48. The monoisotopic (exact) mass is 164 g/mol. The maximum atomic E-state index is 6.21. The molecule has 2 aliphatic carbocycles. The molecule has 2 rings (SSSR count). The molecule has 0 amide bonds. The summed E-state index contributed by atoms with van der Waals surface area (Å²) in [6.07, 6.45) is 4.67. The van der Waals surface area contributed by atoms with Crippen LogP contribution in [0.15, 0.2) is 0 Å². The molecule has 3 atom stereocenters. The Balaban J connectivity index is 2.19. The first kappa shape index (κ1) is 6.30. The van der Waals surface area contributed by atoms with Crippen molar-refractivity contribution in [1.82, 2.24) is 0 Å². The Morgan fingerprint density at radius 2 is 2.11 bits per heavy atom. The van der Waals surface area contributed by atoms with E-state index in [1.54, 1.807) is 0 Å². The fourth-order valence-corrected chi connectivity index (χ4v) is 3.19. The van der Waals surface area contributed by atoms with Crippen LogP contribution in [0.2, 0.25) is 0 Å². The molecule has 0 nitrogen and oxygen atoms in total. The van der Waals surface area contributed by atoms with Gasteiger partial charge in [-0.15, -0.1) is 23.2 Å². The van der Waals surface area contributed by atoms with E-state index < -0.39 is 0 Å². The molecule has 9 heavy (non-hydrogen) atoms. The van der Waals surface area contributed by atoms with Crippen LogP contribution in [0, 0.1) is 5.92 Å². The molecule has 0 N–H and O–H groups in total. The van der Waals surface area contributed by atoms with Crippen LogP contribution in [0.4, 0.5) is 0 Å². The molecular weight excluding hydrogens is 155 g/mol. The smallest absolute Gasteiger partial charge is 0.0464 e. The van der Waals surface area contributed by atoms with Gasteiger partial charge in [0.25, 0.3) is 0 Å². The maximum Gasteiger partial charge on any atom is 0.0464 e. The van der Waals surface area contributed by atoms with Gasteiger partial charge in [-0.2, -0.15) is 0 Å². The van der Waals surface area contributed by atoms with E-state index >= 15 is 0 Å². The second-order valence-corrected chi connectivity index (χ2v) is 4.74. The standard InChI is InChI=1S/C7H10Cl2/c8-6-4-7(9)2-1-5(6)3-7/h5-6H,1-4H2/t5-,6+,7-/m1/s1. The van der Waals surface area contributed by atoms with Crippen LogP contribution in [-0.4, -0.2) is 10.3 Å². The highest BCUT2D eigenvalue weighted by molar-refractivity contribution is 6.27. The van der Waals surface area contributed by atoms with Crippen LogP contribution in [0.3, 0.4) is 0 Å². The predicted molar refractivity (Wildman–Crippen MR) is 40.2 cm³/mol. The van der Waals surface area contributed by atoms with Gasteiger partial charge < -0.3 is 0 Å². The third-order valence-corrected chi connectivity index (χ3v) is 3.67. The molecule has 2 fully saturated rings. The van der Waals surface area contributed by atoms with Crippen LogP contribution in [0.1, 0.15) is 25.7 Å². The van der Waals surface area contributed by atoms with Crippen LogP contribution < -0.4 is 0 Å². The first-order valence-corrected chi connectivity index (χ1v) is 4.34. The van der Waals surface area contributed by atoms with Gasteiger partial charge >= 0.3 is 0 Å². The number of hydrogen-bond donors (Lipinski definition) is 0. The lowest BCUT2D eigenvalue weighted by Crippen LogP contribution is -2.17. The van der Waals surface area contributed by atoms with Gasteiger partial charge in [-0.25, -0.2) is 0 Å². The molecule has 0 radical (unpaired) electrons. The summed E-state index contributed by atoms with van der Waals surface area (Å²) in [5.74, 6) is 0.740. The van der Waals surface area contributed by atoms with E-state index in [-0.39, 0.29) is 4.87 Å². The number of rotatable bonds is 0. The first-order chi connectivity index (χ1) is 4.20. The topological polar surface area (TPSA) is 0 Å². The Bertz CT molecular complexity index is 131. The fraction of sp³-hybridized carbons (Fsp3) is 1.00. The Kier molecular flexibility index (Phi) is 1.26. The van der Waals surface area contributed by atoms with E-state index in [1.807, 2.05) is 0 Å². The van der Waals surface area contributed by atoms with Crippen molar-refractivity contribution < 1.29 is 0 Å². The third-order valence-electron chi connectivity index (χ3n) is 2.66. The molecule has 0 aliphatic heterocycles. The lowest BCUT2D eigenvalue weighted by atomic mass is 10.00. The molecule has 0 heterocycles. The van der Waals surface area contributed by atoms with Crippen LogP contribution in [-0.2, 0) is 0 Å². The van der Waals surface area contributed by atoms with E-state index in [0.29, 0.717) is 5.38 Å². The molecule has 0 aromatic rings. The Hall–Kier alpha value is 0.580. The largest absolute Gasteiger partial charge is 0.123 e. The Morgan fingerprint density at radius 3 is 2.33 bits per heavy atom. The normalized spacial score (nSPS) is 56.7. The fourth-order valence-electron chi connectivity index (χ4n) is 2.13. The minimum absolute atomic E-state index is 0.122. The van der Waals surface area contributed by atoms with Gasteiger partial charge in [-0.3, -0.25) is 0 Å². The van der Waals surface area contributed by atoms with Gasteiger partial charge in [0.15, 0.2) is 0 Å². The molecule has 2 heteroatoms. The SMILES string of the molecule is Cl[C@H]1C[C@@]2(Cl)CC[C@@H]1C2. The van der Waals surface area contributed by atoms with Crippen molar-refractivity contribution in [2.45, 2.75) is 35.9 Å². The molecule has 2 aliphatic rings. The number of fused-ring (bicyclic) bond motifs is 2. The maximum absolute atomic E-state index is 6.21. The van der Waals surface area contributed by atoms with Crippen LogP contribution >= 0.6 is 23.2 Å². The molecule has 0 aromatic heterocycles. The molecule has 2 saturated carbocycles. The molecule has 0 saturated heterocycles. The summed E-state index contributed by atoms with van der Waals surface area (Å²) in [4.78, 5) is 0.122. The summed E-state index contributed by atoms with van der Waals surface area (Å²) in [6.45, 7) is 0. The summed E-state index contributed by atoms with van der Waals surface area (Å²) in [5.41, 5.74) is 0. The average molecular weight is 165 g/mol. The molecular formula is C7H10Cl2. The highest BCUT2D eigenvalue weighted by Crippen LogP contribution is 2.53. The molecule has 0 unspecified atom stereocenters. The quantitative estimate of drug-likeness (QED) is 0.484. The zero-order valence-corrected chi connectivity index (χ0v) is 6.75. The number of alkyl halides is 2. The second kappa shape index (κ2) is 1.79. The number of halogens is 2. The van der Waals surface area contributed by atoms with Gasteiger partial charge in [-0.05, 0) is 31.6 Å². The zero-order valence-electron chi connectivity index (χ0n) is 5.24. The molecule has 52 valence electrons. The van der Waals surface area contributed by atoms with E-state index in [1.165, 1.54) is 19.3 Å². The van der Waals surface area contributed by atoms with Gasteiger partial charge in [0, 0.05) is 10.3 Å². The van der Waals surface area contributed by atoms with Gasteiger partial charge in [-0.1, -0.05) is 0 Å². The van der Waals surface area contributed by atoms with Crippen molar-refractivity contribution >= 4 is 23.2 Å². The summed E-state index contributed by atoms with van der Waals surface area (Å²) in [7, 11) is 0. The summed E-state index contributed by atoms with van der Waals surface area (Å²) >= 11 is 12.2. The lowest BCUT2D eigenvalue weighted by Gasteiger charge is -2.19. The summed E-state index contributed by atoms with van der Waals surface area (Å²) in [5, 5.41) is 0.385. The minimum Gasteiger partial charge on any atom is -0.123 e. The van der Waals surface area contributed by atoms with Crippen LogP contribution in [0.5, 0.6) is 0 Å². The lowest BCUT2D eigenvalue weighted by molar-refractivity contribution is 0.503. The van der Waals surface area contributed by atoms with Crippen molar-refractivity contribution in [3.8, 4) is 0 Å². The van der Waals surface area contributed by atoms with E-state index in [0.717, 1.165) is 12.3 Å². The predicted octanol–water partition coefficient (Wildman–Crippen LogP) is 2.78. The van der Waals surface area contributed by atoms with Crippen molar-refractivity contribution in [2.75, 3.05) is 0 Å². The Labute approximate surface area is 65.5 Å². The highest BCUT2D eigenvalue weighted by atomic mass is 35.5. The molecule has 0 spiro atoms. The van der Waals surface area contributed by atoms with E-state index in [4.69, 9.17) is 23.2 Å². The van der Waals surface area contributed by atoms with Crippen molar-refractivity contribution in [3.63, 3.8) is 0 Å². The molecule has 2 bridgehead atoms. The second-order valence-electron chi connectivity index (χ2n) is 3.37. The first-order valence-electron chi connectivity index (χ1n) is 3.53. The third kappa shape index (κ3) is 0.877. The van der Waals surface area contributed by atoms with Gasteiger partial charge in [0.2, 0.25) is 0 Å². The van der Waals surface area contributed by atoms with E-state index in [9.17, 15) is 0 Å². The Morgan fingerprint density at radius 1 is 1.33 bits per heavy atom. The van der Waals surface area contributed by atoms with Gasteiger partial charge in [0.05, 0.1) is 0 Å². The van der Waals surface area contributed by atoms with Crippen molar-refractivity contribution in [3.05, 3.63) is 0 Å². The van der Waals surface area contributed by atoms with Crippen LogP contribution in [0.25, 0.3) is 0 Å². The summed E-state index contributed by atoms with van der Waals surface area (Å²) in [6, 6.07) is 0. The zero-order chi connectivity index (χ0) is 6.48. The number of hydrogen-bond acceptors (Lipinski definition) is 0. The molecule has 0 aromatic carbocycles. The van der Waals surface area contributed by atoms with Crippen molar-refractivity contribution in [2.24, 2.45) is 5.92 Å². The minimum atomic E-state index is 0.122. The average Bonchev–Trinajstić information content (AvgIpc) is 2.20. The summed E-state index contributed by atoms with van der Waals surface area (Å²) < 4.78 is 0. The van der Waals surface area contributed by atoms with Gasteiger partial charge in [0.1, 0.15) is 0 Å².